The van der Waals surface area contributed by atoms with Crippen molar-refractivity contribution in [3.05, 3.63) is 201 Å². The van der Waals surface area contributed by atoms with E-state index in [1.54, 1.807) is 6.08 Å². The van der Waals surface area contributed by atoms with Crippen molar-refractivity contribution in [2.45, 2.75) is 6.54 Å². The topological polar surface area (TPSA) is 20.9 Å². The number of ketones is 1. The first kappa shape index (κ1) is 48.3. The summed E-state index contributed by atoms with van der Waals surface area (Å²) in [4.78, 5) is 12.4. The van der Waals surface area contributed by atoms with Crippen molar-refractivity contribution in [3.63, 3.8) is 0 Å². The molecule has 0 saturated heterocycles. The predicted octanol–water partition coefficient (Wildman–Crippen LogP) is 9.50. The Morgan fingerprint density at radius 1 is 0.409 bits per heavy atom. The number of Topliss-reactive ketones (excluding diaryl/α,β-unsaturated/α-hetero) is 1. The van der Waals surface area contributed by atoms with Crippen molar-refractivity contribution in [1.29, 1.82) is 0 Å². The monoisotopic (exact) mass is 953 g/mol. The molecule has 0 aliphatic rings. The zero-order chi connectivity index (χ0) is 49.0. The summed E-state index contributed by atoms with van der Waals surface area (Å²) in [5, 5.41) is 2.26. The Kier molecular flexibility index (Phi) is 13.2. The number of hydrogen-bond donors (Lipinski definition) is 0. The maximum Gasteiger partial charge on any atom is 0.227 e. The first-order valence-corrected chi connectivity index (χ1v) is 17.8. The van der Waals surface area contributed by atoms with Crippen LogP contribution in [0.4, 0.5) is 87.8 Å². The molecule has 2 nitrogen and oxygen atoms in total. The fourth-order valence-electron chi connectivity index (χ4n) is 7.39. The molecule has 66 heavy (non-hydrogen) atoms. The van der Waals surface area contributed by atoms with E-state index in [4.69, 9.17) is 0 Å². The number of rotatable bonds is 8. The molecular weight excluding hydrogens is 937 g/mol. The van der Waals surface area contributed by atoms with Crippen molar-refractivity contribution in [2.24, 2.45) is 0 Å². The highest BCUT2D eigenvalue weighted by molar-refractivity contribution is 7.20. The van der Waals surface area contributed by atoms with Gasteiger partial charge < -0.3 is 0 Å². The summed E-state index contributed by atoms with van der Waals surface area (Å²) in [5.41, 5.74) is -12.6. The number of benzene rings is 6. The number of carbonyl (C=O) groups is 1. The van der Waals surface area contributed by atoms with Crippen LogP contribution in [0.1, 0.15) is 16.1 Å². The molecule has 0 fully saturated rings. The van der Waals surface area contributed by atoms with E-state index in [1.165, 1.54) is 0 Å². The van der Waals surface area contributed by atoms with Crippen molar-refractivity contribution in [1.82, 2.24) is 0 Å². The molecule has 0 radical (unpaired) electrons. The minimum Gasteiger partial charge on any atom is -0.287 e. The average molecular weight is 953 g/mol. The van der Waals surface area contributed by atoms with Crippen molar-refractivity contribution in [2.75, 3.05) is 0 Å². The highest BCUT2D eigenvalue weighted by atomic mass is 19.2. The van der Waals surface area contributed by atoms with E-state index < -0.39 is 144 Å². The van der Waals surface area contributed by atoms with E-state index in [0.717, 1.165) is 22.0 Å². The minimum atomic E-state index is -7.22. The number of carbonyl (C=O) groups excluding carboxylic acids is 1. The zero-order valence-corrected chi connectivity index (χ0v) is 31.8. The van der Waals surface area contributed by atoms with Crippen LogP contribution in [0.15, 0.2) is 73.4 Å². The average Bonchev–Trinajstić information content (AvgIpc) is 3.31. The predicted molar refractivity (Wildman–Crippen MR) is 194 cm³/mol. The number of aromatic nitrogens is 1. The van der Waals surface area contributed by atoms with Gasteiger partial charge in [0.1, 0.15) is 52.7 Å². The molecule has 0 aliphatic heterocycles. The molecule has 23 heteroatoms. The van der Waals surface area contributed by atoms with Crippen LogP contribution in [0.2, 0.25) is 0 Å². The zero-order valence-electron chi connectivity index (χ0n) is 31.8. The Morgan fingerprint density at radius 2 is 0.697 bits per heavy atom. The standard InChI is InChI=1S/C24BF20.C19H16NO/c26-5-1(6(27)14(35)21(42)13(5)34)25(2-7(28)15(36)22(43)16(37)8(2)29,3-9(30)17(38)23(44)18(39)10(3)31)4-11(32)19(40)24(45)20(41)12(4)33;1-2-18-17-11-7-6-8-15(17)12-13-20(18)14-19(21)16-9-4-3-5-10-16/h;2-13H,1,14H2/q-1;+1. The van der Waals surface area contributed by atoms with Crippen LogP contribution < -0.4 is 26.4 Å². The van der Waals surface area contributed by atoms with Gasteiger partial charge in [0.05, 0.1) is 5.39 Å². The smallest absolute Gasteiger partial charge is 0.227 e. The Labute approximate surface area is 355 Å². The highest BCUT2D eigenvalue weighted by Crippen LogP contribution is 2.31. The molecule has 0 unspecified atom stereocenters. The summed E-state index contributed by atoms with van der Waals surface area (Å²) >= 11 is 0. The van der Waals surface area contributed by atoms with E-state index in [9.17, 15) is 57.5 Å². The van der Waals surface area contributed by atoms with E-state index in [0.29, 0.717) is 6.54 Å². The largest absolute Gasteiger partial charge is 0.287 e. The number of nitrogens with zero attached hydrogens (tertiary/aromatic N) is 1. The number of pyridine rings is 1. The second-order valence-corrected chi connectivity index (χ2v) is 13.7. The quantitative estimate of drug-likeness (QED) is 0.0372. The SMILES string of the molecule is C=Cc1c2ccccc2cc[n+]1CC(=O)c1ccccc1.Fc1c(F)c(F)c([B-](c2c(F)c(F)c(F)c(F)c2F)(c2c(F)c(F)c(F)c(F)c2F)c2c(F)c(F)c(F)c(F)c2F)c(F)c1F. The van der Waals surface area contributed by atoms with Crippen molar-refractivity contribution < 1.29 is 97.2 Å². The van der Waals surface area contributed by atoms with Gasteiger partial charge in [-0.1, -0.05) is 55.1 Å². The summed E-state index contributed by atoms with van der Waals surface area (Å²) < 4.78 is 296. The van der Waals surface area contributed by atoms with Crippen LogP contribution in [0.5, 0.6) is 0 Å². The van der Waals surface area contributed by atoms with Gasteiger partial charge in [-0.3, -0.25) is 4.79 Å². The lowest BCUT2D eigenvalue weighted by Crippen LogP contribution is -2.81. The van der Waals surface area contributed by atoms with E-state index in [-0.39, 0.29) is 5.78 Å². The summed E-state index contributed by atoms with van der Waals surface area (Å²) in [6.45, 7) is 4.21. The Bertz CT molecular complexity index is 2780. The molecule has 0 N–H and O–H groups in total. The van der Waals surface area contributed by atoms with Crippen LogP contribution in [-0.2, 0) is 6.54 Å². The molecule has 6 aromatic carbocycles. The molecule has 0 atom stereocenters. The van der Waals surface area contributed by atoms with Gasteiger partial charge in [-0.2, -0.15) is 4.57 Å². The van der Waals surface area contributed by atoms with Gasteiger partial charge in [-0.25, -0.2) is 87.8 Å². The van der Waals surface area contributed by atoms with Crippen LogP contribution in [0, 0.1) is 116 Å². The number of hydrogen-bond acceptors (Lipinski definition) is 1. The third-order valence-electron chi connectivity index (χ3n) is 10.3. The Balaban J connectivity index is 0.000000284. The van der Waals surface area contributed by atoms with Gasteiger partial charge in [-0.15, -0.1) is 21.9 Å². The lowest BCUT2D eigenvalue weighted by Gasteiger charge is -2.44. The maximum atomic E-state index is 15.4. The van der Waals surface area contributed by atoms with Crippen molar-refractivity contribution >= 4 is 50.6 Å². The molecule has 0 spiro atoms. The van der Waals surface area contributed by atoms with Gasteiger partial charge in [-0.05, 0) is 11.5 Å². The molecule has 7 rings (SSSR count). The first-order chi connectivity index (χ1) is 31.0. The highest BCUT2D eigenvalue weighted by Gasteiger charge is 2.52. The summed E-state index contributed by atoms with van der Waals surface area (Å²) in [5.74, 6) is -71.3. The molecule has 0 aliphatic carbocycles. The molecular formula is C43H16BF20NO. The maximum absolute atomic E-state index is 15.4. The summed E-state index contributed by atoms with van der Waals surface area (Å²) in [6.07, 6.45) is -3.47. The fraction of sp³-hybridized carbons (Fsp3) is 0.0233. The molecule has 342 valence electrons. The van der Waals surface area contributed by atoms with Crippen LogP contribution in [0.25, 0.3) is 16.8 Å². The van der Waals surface area contributed by atoms with Gasteiger partial charge >= 0.3 is 0 Å². The van der Waals surface area contributed by atoms with Gasteiger partial charge in [0, 0.05) is 17.7 Å². The van der Waals surface area contributed by atoms with Crippen LogP contribution in [0.3, 0.4) is 0 Å². The lowest BCUT2D eigenvalue weighted by atomic mass is 9.12. The van der Waals surface area contributed by atoms with E-state index >= 15 is 35.1 Å². The second-order valence-electron chi connectivity index (χ2n) is 13.7. The van der Waals surface area contributed by atoms with E-state index in [1.807, 2.05) is 59.3 Å². The first-order valence-electron chi connectivity index (χ1n) is 17.8. The van der Waals surface area contributed by atoms with Gasteiger partial charge in [0.15, 0.2) is 76.0 Å². The molecule has 0 bridgehead atoms. The summed E-state index contributed by atoms with van der Waals surface area (Å²) in [7, 11) is 0. The lowest BCUT2D eigenvalue weighted by molar-refractivity contribution is -0.683. The Hall–Kier alpha value is -7.20. The normalized spacial score (nSPS) is 11.5. The molecule has 1 heterocycles. The van der Waals surface area contributed by atoms with Crippen LogP contribution >= 0.6 is 0 Å². The van der Waals surface area contributed by atoms with Crippen molar-refractivity contribution in [3.8, 4) is 0 Å². The minimum absolute atomic E-state index is 0.0963. The number of fused-ring (bicyclic) bond motifs is 1. The molecule has 0 amide bonds. The van der Waals surface area contributed by atoms with Gasteiger partial charge in [0.25, 0.3) is 0 Å². The molecule has 0 saturated carbocycles. The van der Waals surface area contributed by atoms with Crippen LogP contribution in [-0.4, -0.2) is 11.9 Å². The number of halogens is 20. The molecule has 1 aromatic heterocycles. The third-order valence-corrected chi connectivity index (χ3v) is 10.3. The molecule has 7 aromatic rings. The second kappa shape index (κ2) is 18.0. The summed E-state index contributed by atoms with van der Waals surface area (Å²) in [6, 6.07) is 19.5. The Morgan fingerprint density at radius 3 is 1.02 bits per heavy atom. The van der Waals surface area contributed by atoms with Gasteiger partial charge in [0.2, 0.25) is 18.0 Å². The van der Waals surface area contributed by atoms with E-state index in [2.05, 4.69) is 18.7 Å². The third kappa shape index (κ3) is 7.38. The fourth-order valence-corrected chi connectivity index (χ4v) is 7.39.